The van der Waals surface area contributed by atoms with Gasteiger partial charge in [0, 0.05) is 18.2 Å². The van der Waals surface area contributed by atoms with Crippen LogP contribution in [0.15, 0.2) is 29.4 Å². The van der Waals surface area contributed by atoms with E-state index in [0.29, 0.717) is 5.69 Å². The van der Waals surface area contributed by atoms with E-state index in [-0.39, 0.29) is 11.8 Å². The first kappa shape index (κ1) is 14.0. The van der Waals surface area contributed by atoms with Crippen LogP contribution in [0.2, 0.25) is 0 Å². The number of nitrogens with zero attached hydrogens (tertiary/aromatic N) is 1. The summed E-state index contributed by atoms with van der Waals surface area (Å²) in [6, 6.07) is 7.40. The molecule has 20 heavy (non-hydrogen) atoms. The molecule has 1 aromatic carbocycles. The topological polar surface area (TPSA) is 90.8 Å². The van der Waals surface area contributed by atoms with E-state index in [1.807, 2.05) is 12.1 Å². The molecule has 1 aliphatic heterocycles. The van der Waals surface area contributed by atoms with Gasteiger partial charge in [-0.1, -0.05) is 17.3 Å². The third-order valence-electron chi connectivity index (χ3n) is 3.34. The maximum atomic E-state index is 11.4. The standard InChI is InChI=1S/C14H17N3O3/c18-13(9-16-20)17-12-5-2-10(3-6-12)1-4-11-7-8-15-14(11)19/h2-3,5-6,9,11,20H,1,4,7-8H2,(H,15,19)(H,17,18). The van der Waals surface area contributed by atoms with Crippen molar-refractivity contribution in [3.05, 3.63) is 29.8 Å². The van der Waals surface area contributed by atoms with Gasteiger partial charge >= 0.3 is 0 Å². The number of rotatable bonds is 5. The second kappa shape index (κ2) is 6.70. The molecule has 0 spiro atoms. The van der Waals surface area contributed by atoms with Crippen molar-refractivity contribution >= 4 is 23.7 Å². The summed E-state index contributed by atoms with van der Waals surface area (Å²) in [5, 5.41) is 16.3. The molecule has 1 unspecified atom stereocenters. The first-order valence-corrected chi connectivity index (χ1v) is 6.54. The number of hydrogen-bond acceptors (Lipinski definition) is 4. The Morgan fingerprint density at radius 2 is 2.20 bits per heavy atom. The van der Waals surface area contributed by atoms with Crippen molar-refractivity contribution in [2.24, 2.45) is 11.1 Å². The molecule has 0 aliphatic carbocycles. The molecule has 6 nitrogen and oxygen atoms in total. The lowest BCUT2D eigenvalue weighted by atomic mass is 9.98. The number of hydrogen-bond donors (Lipinski definition) is 3. The van der Waals surface area contributed by atoms with Crippen LogP contribution in [0, 0.1) is 5.92 Å². The molecule has 3 N–H and O–H groups in total. The van der Waals surface area contributed by atoms with Gasteiger partial charge < -0.3 is 15.8 Å². The highest BCUT2D eigenvalue weighted by atomic mass is 16.4. The van der Waals surface area contributed by atoms with Gasteiger partial charge in [0.05, 0.1) is 0 Å². The minimum atomic E-state index is -0.483. The third-order valence-corrected chi connectivity index (χ3v) is 3.34. The van der Waals surface area contributed by atoms with E-state index in [2.05, 4.69) is 15.8 Å². The summed E-state index contributed by atoms with van der Waals surface area (Å²) in [6.07, 6.45) is 3.39. The molecule has 1 saturated heterocycles. The fraction of sp³-hybridized carbons (Fsp3) is 0.357. The van der Waals surface area contributed by atoms with Crippen molar-refractivity contribution in [2.45, 2.75) is 19.3 Å². The molecule has 106 valence electrons. The van der Waals surface area contributed by atoms with Crippen LogP contribution < -0.4 is 10.6 Å². The van der Waals surface area contributed by atoms with Gasteiger partial charge in [0.15, 0.2) is 0 Å². The smallest absolute Gasteiger partial charge is 0.270 e. The number of oxime groups is 1. The van der Waals surface area contributed by atoms with Gasteiger partial charge in [-0.2, -0.15) is 0 Å². The van der Waals surface area contributed by atoms with E-state index < -0.39 is 5.91 Å². The number of carbonyl (C=O) groups is 2. The maximum Gasteiger partial charge on any atom is 0.270 e. The Labute approximate surface area is 116 Å². The minimum absolute atomic E-state index is 0.121. The Bertz CT molecular complexity index is 511. The van der Waals surface area contributed by atoms with Crippen molar-refractivity contribution < 1.29 is 14.8 Å². The van der Waals surface area contributed by atoms with E-state index in [9.17, 15) is 9.59 Å². The molecule has 6 heteroatoms. The summed E-state index contributed by atoms with van der Waals surface area (Å²) >= 11 is 0. The first-order valence-electron chi connectivity index (χ1n) is 6.54. The van der Waals surface area contributed by atoms with Crippen LogP contribution in [0.3, 0.4) is 0 Å². The second-order valence-electron chi connectivity index (χ2n) is 4.75. The molecule has 0 bridgehead atoms. The van der Waals surface area contributed by atoms with Crippen molar-refractivity contribution in [1.29, 1.82) is 0 Å². The van der Waals surface area contributed by atoms with Gasteiger partial charge in [-0.25, -0.2) is 0 Å². The van der Waals surface area contributed by atoms with Gasteiger partial charge in [-0.15, -0.1) is 0 Å². The SMILES string of the molecule is O=C(C=NO)Nc1ccc(CCC2CCNC2=O)cc1. The van der Waals surface area contributed by atoms with Crippen LogP contribution in [0.5, 0.6) is 0 Å². The molecule has 1 fully saturated rings. The van der Waals surface area contributed by atoms with Crippen molar-refractivity contribution in [3.63, 3.8) is 0 Å². The monoisotopic (exact) mass is 275 g/mol. The predicted molar refractivity (Wildman–Crippen MR) is 74.8 cm³/mol. The Morgan fingerprint density at radius 1 is 1.45 bits per heavy atom. The van der Waals surface area contributed by atoms with E-state index in [0.717, 1.165) is 37.6 Å². The molecular formula is C14H17N3O3. The van der Waals surface area contributed by atoms with E-state index in [4.69, 9.17) is 5.21 Å². The number of amides is 2. The molecule has 0 saturated carbocycles. The van der Waals surface area contributed by atoms with Gasteiger partial charge in [0.25, 0.3) is 5.91 Å². The number of anilines is 1. The predicted octanol–water partition coefficient (Wildman–Crippen LogP) is 1.15. The lowest BCUT2D eigenvalue weighted by Gasteiger charge is -2.07. The van der Waals surface area contributed by atoms with E-state index >= 15 is 0 Å². The Kier molecular flexibility index (Phi) is 4.70. The average molecular weight is 275 g/mol. The zero-order valence-corrected chi connectivity index (χ0v) is 11.0. The first-order chi connectivity index (χ1) is 9.69. The molecule has 1 atom stereocenters. The van der Waals surface area contributed by atoms with Gasteiger partial charge in [-0.05, 0) is 37.0 Å². The maximum absolute atomic E-state index is 11.4. The number of benzene rings is 1. The van der Waals surface area contributed by atoms with Crippen LogP contribution in [-0.2, 0) is 16.0 Å². The molecule has 2 amide bonds. The average Bonchev–Trinajstić information content (AvgIpc) is 2.84. The van der Waals surface area contributed by atoms with Gasteiger partial charge in [0.1, 0.15) is 6.21 Å². The zero-order chi connectivity index (χ0) is 14.4. The van der Waals surface area contributed by atoms with Crippen LogP contribution in [-0.4, -0.2) is 29.8 Å². The molecule has 0 radical (unpaired) electrons. The highest BCUT2D eigenvalue weighted by Crippen LogP contribution is 2.18. The van der Waals surface area contributed by atoms with Crippen molar-refractivity contribution in [1.82, 2.24) is 5.32 Å². The molecule has 0 aromatic heterocycles. The highest BCUT2D eigenvalue weighted by molar-refractivity contribution is 6.31. The zero-order valence-electron chi connectivity index (χ0n) is 11.0. The van der Waals surface area contributed by atoms with Crippen LogP contribution in [0.1, 0.15) is 18.4 Å². The molecule has 1 aromatic rings. The lowest BCUT2D eigenvalue weighted by Crippen LogP contribution is -2.19. The molecule has 2 rings (SSSR count). The lowest BCUT2D eigenvalue weighted by molar-refractivity contribution is -0.122. The Balaban J connectivity index is 1.85. The normalized spacial score (nSPS) is 18.2. The highest BCUT2D eigenvalue weighted by Gasteiger charge is 2.23. The largest absolute Gasteiger partial charge is 0.411 e. The second-order valence-corrected chi connectivity index (χ2v) is 4.75. The van der Waals surface area contributed by atoms with Crippen LogP contribution >= 0.6 is 0 Å². The summed E-state index contributed by atoms with van der Waals surface area (Å²) in [7, 11) is 0. The number of nitrogens with one attached hydrogen (secondary N) is 2. The summed E-state index contributed by atoms with van der Waals surface area (Å²) in [5.41, 5.74) is 1.76. The number of carbonyl (C=O) groups excluding carboxylic acids is 2. The minimum Gasteiger partial charge on any atom is -0.411 e. The molecular weight excluding hydrogens is 258 g/mol. The molecule has 1 aliphatic rings. The summed E-state index contributed by atoms with van der Waals surface area (Å²) in [4.78, 5) is 22.6. The van der Waals surface area contributed by atoms with Crippen molar-refractivity contribution in [2.75, 3.05) is 11.9 Å². The summed E-state index contributed by atoms with van der Waals surface area (Å²) in [6.45, 7) is 0.779. The van der Waals surface area contributed by atoms with Crippen molar-refractivity contribution in [3.8, 4) is 0 Å². The summed E-state index contributed by atoms with van der Waals surface area (Å²) < 4.78 is 0. The Hall–Kier alpha value is -2.37. The third kappa shape index (κ3) is 3.81. The quantitative estimate of drug-likeness (QED) is 0.428. The fourth-order valence-corrected chi connectivity index (χ4v) is 2.24. The van der Waals surface area contributed by atoms with Gasteiger partial charge in [0.2, 0.25) is 5.91 Å². The van der Waals surface area contributed by atoms with Crippen LogP contribution in [0.4, 0.5) is 5.69 Å². The summed E-state index contributed by atoms with van der Waals surface area (Å²) in [5.74, 6) is -0.213. The van der Waals surface area contributed by atoms with E-state index in [1.165, 1.54) is 0 Å². The Morgan fingerprint density at radius 3 is 2.80 bits per heavy atom. The van der Waals surface area contributed by atoms with E-state index in [1.54, 1.807) is 12.1 Å². The molecule has 1 heterocycles. The number of aryl methyl sites for hydroxylation is 1. The van der Waals surface area contributed by atoms with Gasteiger partial charge in [-0.3, -0.25) is 9.59 Å². The van der Waals surface area contributed by atoms with Crippen LogP contribution in [0.25, 0.3) is 0 Å². The fourth-order valence-electron chi connectivity index (χ4n) is 2.24.